The molecule has 3 rings (SSSR count). The van der Waals surface area contributed by atoms with E-state index in [9.17, 15) is 5.11 Å². The molecule has 0 heterocycles. The van der Waals surface area contributed by atoms with E-state index in [4.69, 9.17) is 14.2 Å². The summed E-state index contributed by atoms with van der Waals surface area (Å²) in [5.41, 5.74) is 2.30. The lowest BCUT2D eigenvalue weighted by Crippen LogP contribution is -2.33. The zero-order valence-electron chi connectivity index (χ0n) is 16.6. The molecule has 0 spiro atoms. The third-order valence-corrected chi connectivity index (χ3v) is 4.39. The fraction of sp³-hybridized carbons (Fsp3) is 0.250. The smallest absolute Gasteiger partial charge is 0.161 e. The first-order valence-electron chi connectivity index (χ1n) is 9.69. The Morgan fingerprint density at radius 1 is 0.793 bits per heavy atom. The zero-order chi connectivity index (χ0) is 20.3. The second kappa shape index (κ2) is 11.1. The van der Waals surface area contributed by atoms with Crippen molar-refractivity contribution in [2.75, 3.05) is 33.4 Å². The number of hydrogen-bond donors (Lipinski definition) is 2. The Labute approximate surface area is 171 Å². The predicted molar refractivity (Wildman–Crippen MR) is 115 cm³/mol. The minimum absolute atomic E-state index is 0.227. The second-order valence-electron chi connectivity index (χ2n) is 6.56. The van der Waals surface area contributed by atoms with Crippen molar-refractivity contribution < 1.29 is 19.3 Å². The molecule has 0 amide bonds. The molecule has 2 N–H and O–H groups in total. The maximum atomic E-state index is 10.1. The van der Waals surface area contributed by atoms with E-state index in [0.29, 0.717) is 31.2 Å². The number of para-hydroxylation sites is 2. The summed E-state index contributed by atoms with van der Waals surface area (Å²) in [5.74, 6) is 2.15. The van der Waals surface area contributed by atoms with Gasteiger partial charge in [0.2, 0.25) is 0 Å². The summed E-state index contributed by atoms with van der Waals surface area (Å²) in [5, 5.41) is 13.3. The molecule has 0 aliphatic rings. The minimum atomic E-state index is -0.602. The lowest BCUT2D eigenvalue weighted by Gasteiger charge is -2.14. The fourth-order valence-electron chi connectivity index (χ4n) is 2.87. The van der Waals surface area contributed by atoms with Gasteiger partial charge in [0.05, 0.1) is 7.11 Å². The first kappa shape index (κ1) is 20.7. The van der Waals surface area contributed by atoms with Gasteiger partial charge in [-0.3, -0.25) is 0 Å². The van der Waals surface area contributed by atoms with Gasteiger partial charge in [-0.25, -0.2) is 0 Å². The quantitative estimate of drug-likeness (QED) is 0.486. The van der Waals surface area contributed by atoms with Gasteiger partial charge in [-0.2, -0.15) is 0 Å². The van der Waals surface area contributed by atoms with Crippen LogP contribution in [0, 0.1) is 0 Å². The van der Waals surface area contributed by atoms with Crippen LogP contribution in [0.1, 0.15) is 0 Å². The highest BCUT2D eigenvalue weighted by atomic mass is 16.5. The molecule has 0 aliphatic carbocycles. The van der Waals surface area contributed by atoms with Crippen LogP contribution in [0.25, 0.3) is 11.1 Å². The summed E-state index contributed by atoms with van der Waals surface area (Å²) in [6.45, 7) is 1.75. The van der Waals surface area contributed by atoms with Crippen LogP contribution in [0.15, 0.2) is 78.9 Å². The van der Waals surface area contributed by atoms with Crippen LogP contribution in [0.2, 0.25) is 0 Å². The Morgan fingerprint density at radius 3 is 2.17 bits per heavy atom. The number of benzene rings is 3. The number of aliphatic hydroxyl groups excluding tert-OH is 1. The van der Waals surface area contributed by atoms with Crippen molar-refractivity contribution in [2.45, 2.75) is 6.10 Å². The highest BCUT2D eigenvalue weighted by molar-refractivity contribution is 5.63. The van der Waals surface area contributed by atoms with Crippen LogP contribution in [0.5, 0.6) is 17.2 Å². The molecule has 0 radical (unpaired) electrons. The van der Waals surface area contributed by atoms with Crippen molar-refractivity contribution in [3.8, 4) is 28.4 Å². The number of hydrogen-bond acceptors (Lipinski definition) is 5. The molecule has 1 unspecified atom stereocenters. The second-order valence-corrected chi connectivity index (χ2v) is 6.56. The van der Waals surface area contributed by atoms with Crippen molar-refractivity contribution in [1.82, 2.24) is 5.32 Å². The van der Waals surface area contributed by atoms with E-state index < -0.39 is 6.10 Å². The molecule has 29 heavy (non-hydrogen) atoms. The van der Waals surface area contributed by atoms with Gasteiger partial charge in [0.25, 0.3) is 0 Å². The lowest BCUT2D eigenvalue weighted by atomic mass is 10.1. The Balaban J connectivity index is 1.33. The van der Waals surface area contributed by atoms with E-state index in [1.165, 1.54) is 5.56 Å². The van der Waals surface area contributed by atoms with E-state index in [2.05, 4.69) is 17.4 Å². The average molecular weight is 393 g/mol. The van der Waals surface area contributed by atoms with Gasteiger partial charge in [0.15, 0.2) is 11.5 Å². The molecule has 0 fully saturated rings. The van der Waals surface area contributed by atoms with Gasteiger partial charge in [-0.1, -0.05) is 54.6 Å². The molecule has 3 aromatic rings. The summed E-state index contributed by atoms with van der Waals surface area (Å²) in [4.78, 5) is 0. The van der Waals surface area contributed by atoms with Crippen LogP contribution < -0.4 is 19.5 Å². The molecular weight excluding hydrogens is 366 g/mol. The van der Waals surface area contributed by atoms with Crippen molar-refractivity contribution >= 4 is 0 Å². The number of methoxy groups -OCH3 is 1. The van der Waals surface area contributed by atoms with Crippen LogP contribution in [0.4, 0.5) is 0 Å². The lowest BCUT2D eigenvalue weighted by molar-refractivity contribution is 0.105. The van der Waals surface area contributed by atoms with Gasteiger partial charge in [0.1, 0.15) is 25.1 Å². The van der Waals surface area contributed by atoms with Gasteiger partial charge < -0.3 is 24.6 Å². The van der Waals surface area contributed by atoms with Gasteiger partial charge in [-0.15, -0.1) is 0 Å². The summed E-state index contributed by atoms with van der Waals surface area (Å²) in [6, 6.07) is 25.6. The van der Waals surface area contributed by atoms with Crippen LogP contribution >= 0.6 is 0 Å². The number of nitrogens with one attached hydrogen (secondary N) is 1. The van der Waals surface area contributed by atoms with Crippen LogP contribution in [-0.4, -0.2) is 44.6 Å². The van der Waals surface area contributed by atoms with Gasteiger partial charge >= 0.3 is 0 Å². The molecule has 3 aromatic carbocycles. The summed E-state index contributed by atoms with van der Waals surface area (Å²) in [6.07, 6.45) is -0.602. The van der Waals surface area contributed by atoms with E-state index in [1.54, 1.807) is 7.11 Å². The molecule has 0 saturated carbocycles. The van der Waals surface area contributed by atoms with E-state index in [-0.39, 0.29) is 6.61 Å². The standard InChI is InChI=1S/C24H27NO4/c1-27-23-9-5-6-10-24(23)28-16-15-25-17-21(26)18-29-22-13-11-20(12-14-22)19-7-3-2-4-8-19/h2-14,21,25-26H,15-18H2,1H3. The summed E-state index contributed by atoms with van der Waals surface area (Å²) >= 11 is 0. The minimum Gasteiger partial charge on any atom is -0.493 e. The van der Waals surface area contributed by atoms with Crippen molar-refractivity contribution in [3.05, 3.63) is 78.9 Å². The SMILES string of the molecule is COc1ccccc1OCCNCC(O)COc1ccc(-c2ccccc2)cc1. The number of aliphatic hydroxyl groups is 1. The van der Waals surface area contributed by atoms with Gasteiger partial charge in [-0.05, 0) is 35.4 Å². The third-order valence-electron chi connectivity index (χ3n) is 4.39. The molecule has 152 valence electrons. The Hall–Kier alpha value is -3.02. The normalized spacial score (nSPS) is 11.7. The largest absolute Gasteiger partial charge is 0.493 e. The first-order chi connectivity index (χ1) is 14.3. The Kier molecular flexibility index (Phi) is 7.92. The monoisotopic (exact) mass is 393 g/mol. The van der Waals surface area contributed by atoms with E-state index >= 15 is 0 Å². The van der Waals surface area contributed by atoms with Crippen molar-refractivity contribution in [1.29, 1.82) is 0 Å². The van der Waals surface area contributed by atoms with E-state index in [1.807, 2.05) is 66.7 Å². The maximum Gasteiger partial charge on any atom is 0.161 e. The van der Waals surface area contributed by atoms with Crippen molar-refractivity contribution in [3.63, 3.8) is 0 Å². The van der Waals surface area contributed by atoms with Crippen LogP contribution in [-0.2, 0) is 0 Å². The Morgan fingerprint density at radius 2 is 1.45 bits per heavy atom. The predicted octanol–water partition coefficient (Wildman–Crippen LogP) is 3.77. The first-order valence-corrected chi connectivity index (χ1v) is 9.69. The topological polar surface area (TPSA) is 60.0 Å². The molecule has 0 aromatic heterocycles. The Bertz CT molecular complexity index is 852. The molecule has 0 bridgehead atoms. The third kappa shape index (κ3) is 6.52. The number of ether oxygens (including phenoxy) is 3. The van der Waals surface area contributed by atoms with E-state index in [0.717, 1.165) is 11.3 Å². The highest BCUT2D eigenvalue weighted by Gasteiger charge is 2.06. The molecule has 1 atom stereocenters. The number of rotatable bonds is 11. The summed E-state index contributed by atoms with van der Waals surface area (Å²) in [7, 11) is 1.62. The molecule has 0 saturated heterocycles. The molecule has 0 aliphatic heterocycles. The zero-order valence-corrected chi connectivity index (χ0v) is 16.6. The fourth-order valence-corrected chi connectivity index (χ4v) is 2.87. The highest BCUT2D eigenvalue weighted by Crippen LogP contribution is 2.25. The van der Waals surface area contributed by atoms with Crippen molar-refractivity contribution in [2.24, 2.45) is 0 Å². The molecular formula is C24H27NO4. The maximum absolute atomic E-state index is 10.1. The average Bonchev–Trinajstić information content (AvgIpc) is 2.78. The van der Waals surface area contributed by atoms with Gasteiger partial charge in [0, 0.05) is 13.1 Å². The molecule has 5 nitrogen and oxygen atoms in total. The summed E-state index contributed by atoms with van der Waals surface area (Å²) < 4.78 is 16.6. The van der Waals surface area contributed by atoms with Crippen LogP contribution in [0.3, 0.4) is 0 Å². The molecule has 5 heteroatoms.